The quantitative estimate of drug-likeness (QED) is 0.559. The van der Waals surface area contributed by atoms with Crippen molar-refractivity contribution in [3.63, 3.8) is 0 Å². The number of nitrogens with zero attached hydrogens (tertiary/aromatic N) is 5. The van der Waals surface area contributed by atoms with E-state index in [0.717, 1.165) is 5.39 Å². The first kappa shape index (κ1) is 14.1. The number of imidazole rings is 1. The number of ether oxygens (including phenoxy) is 1. The molecule has 3 aromatic heterocycles. The van der Waals surface area contributed by atoms with Crippen molar-refractivity contribution in [1.29, 1.82) is 0 Å². The number of esters is 1. The minimum atomic E-state index is -0.420. The maximum absolute atomic E-state index is 12.1. The van der Waals surface area contributed by atoms with Crippen molar-refractivity contribution in [2.75, 3.05) is 12.3 Å². The molecular weight excluding hydrogens is 312 g/mol. The predicted octanol–water partition coefficient (Wildman–Crippen LogP) is 1.41. The van der Waals surface area contributed by atoms with Crippen molar-refractivity contribution in [2.45, 2.75) is 6.54 Å². The van der Waals surface area contributed by atoms with Crippen molar-refractivity contribution in [3.05, 3.63) is 42.6 Å². The van der Waals surface area contributed by atoms with Crippen LogP contribution in [0.1, 0.15) is 10.4 Å². The van der Waals surface area contributed by atoms with Crippen LogP contribution in [0, 0.1) is 0 Å². The van der Waals surface area contributed by atoms with Gasteiger partial charge in [-0.05, 0) is 18.2 Å². The Balaban J connectivity index is 1.44. The minimum absolute atomic E-state index is 0.176. The highest BCUT2D eigenvalue weighted by Crippen LogP contribution is 2.16. The Hall–Kier alpha value is -3.49. The van der Waals surface area contributed by atoms with E-state index in [0.29, 0.717) is 34.7 Å². The third-order valence-electron chi connectivity index (χ3n) is 3.58. The van der Waals surface area contributed by atoms with Gasteiger partial charge in [0.1, 0.15) is 18.5 Å². The monoisotopic (exact) mass is 324 g/mol. The fourth-order valence-corrected chi connectivity index (χ4v) is 2.38. The Morgan fingerprint density at radius 2 is 2.21 bits per heavy atom. The summed E-state index contributed by atoms with van der Waals surface area (Å²) >= 11 is 0. The van der Waals surface area contributed by atoms with Crippen LogP contribution in [-0.4, -0.2) is 37.3 Å². The van der Waals surface area contributed by atoms with Gasteiger partial charge in [-0.1, -0.05) is 5.16 Å². The summed E-state index contributed by atoms with van der Waals surface area (Å²) in [4.78, 5) is 24.3. The summed E-state index contributed by atoms with van der Waals surface area (Å²) in [5.74, 6) is -0.102. The molecule has 0 aliphatic heterocycles. The molecule has 0 unspecified atom stereocenters. The zero-order chi connectivity index (χ0) is 16.5. The summed E-state index contributed by atoms with van der Waals surface area (Å²) in [5.41, 5.74) is 7.92. The van der Waals surface area contributed by atoms with Crippen LogP contribution in [0.15, 0.2) is 41.6 Å². The molecule has 2 N–H and O–H groups in total. The number of hydrogen-bond donors (Lipinski definition) is 1. The number of carbonyl (C=O) groups excluding carboxylic acids is 1. The van der Waals surface area contributed by atoms with Crippen LogP contribution >= 0.6 is 0 Å². The van der Waals surface area contributed by atoms with Gasteiger partial charge in [0.05, 0.1) is 24.6 Å². The lowest BCUT2D eigenvalue weighted by atomic mass is 10.2. The second kappa shape index (κ2) is 5.61. The number of anilines is 1. The molecule has 0 aliphatic rings. The van der Waals surface area contributed by atoms with Crippen LogP contribution in [0.25, 0.3) is 22.1 Å². The highest BCUT2D eigenvalue weighted by molar-refractivity contribution is 5.93. The predicted molar refractivity (Wildman–Crippen MR) is 84.0 cm³/mol. The third kappa shape index (κ3) is 2.41. The van der Waals surface area contributed by atoms with Gasteiger partial charge in [0.25, 0.3) is 0 Å². The minimum Gasteiger partial charge on any atom is -0.460 e. The Labute approximate surface area is 135 Å². The topological polar surface area (TPSA) is 122 Å². The molecule has 1 aromatic carbocycles. The summed E-state index contributed by atoms with van der Waals surface area (Å²) in [6, 6.07) is 4.99. The Kier molecular flexibility index (Phi) is 3.30. The number of fused-ring (bicyclic) bond motifs is 2. The first-order valence-corrected chi connectivity index (χ1v) is 7.15. The summed E-state index contributed by atoms with van der Waals surface area (Å²) in [6.45, 7) is 0.587. The van der Waals surface area contributed by atoms with Crippen molar-refractivity contribution < 1.29 is 14.1 Å². The molecule has 0 bridgehead atoms. The van der Waals surface area contributed by atoms with Gasteiger partial charge in [-0.3, -0.25) is 0 Å². The van der Waals surface area contributed by atoms with Crippen LogP contribution in [0.5, 0.6) is 0 Å². The standard InChI is InChI=1S/C15H12N6O3/c16-13-12-14(18-7-17-13)21(8-19-12)3-4-23-15(22)9-1-2-11-10(5-9)6-20-24-11/h1-2,5-8H,3-4H2,(H2,16,17,18). The summed E-state index contributed by atoms with van der Waals surface area (Å²) in [7, 11) is 0. The molecule has 0 radical (unpaired) electrons. The van der Waals surface area contributed by atoms with Crippen LogP contribution < -0.4 is 5.73 Å². The lowest BCUT2D eigenvalue weighted by Gasteiger charge is -2.06. The average Bonchev–Trinajstić information content (AvgIpc) is 3.21. The van der Waals surface area contributed by atoms with Gasteiger partial charge in [0.15, 0.2) is 17.0 Å². The fourth-order valence-electron chi connectivity index (χ4n) is 2.38. The van der Waals surface area contributed by atoms with Crippen molar-refractivity contribution >= 4 is 33.9 Å². The first-order valence-electron chi connectivity index (χ1n) is 7.15. The normalized spacial score (nSPS) is 11.2. The fraction of sp³-hybridized carbons (Fsp3) is 0.133. The summed E-state index contributed by atoms with van der Waals surface area (Å²) in [5, 5.41) is 4.42. The van der Waals surface area contributed by atoms with Crippen LogP contribution in [0.4, 0.5) is 5.82 Å². The average molecular weight is 324 g/mol. The molecule has 9 nitrogen and oxygen atoms in total. The molecule has 4 aromatic rings. The second-order valence-electron chi connectivity index (χ2n) is 5.08. The van der Waals surface area contributed by atoms with E-state index in [9.17, 15) is 4.79 Å². The smallest absolute Gasteiger partial charge is 0.338 e. The van der Waals surface area contributed by atoms with Gasteiger partial charge in [0, 0.05) is 5.39 Å². The van der Waals surface area contributed by atoms with Gasteiger partial charge >= 0.3 is 5.97 Å². The molecule has 0 fully saturated rings. The van der Waals surface area contributed by atoms with E-state index in [4.69, 9.17) is 15.0 Å². The third-order valence-corrected chi connectivity index (χ3v) is 3.58. The number of benzene rings is 1. The second-order valence-corrected chi connectivity index (χ2v) is 5.08. The first-order chi connectivity index (χ1) is 11.7. The molecule has 4 rings (SSSR count). The maximum Gasteiger partial charge on any atom is 0.338 e. The zero-order valence-corrected chi connectivity index (χ0v) is 12.4. The van der Waals surface area contributed by atoms with Crippen LogP contribution in [-0.2, 0) is 11.3 Å². The van der Waals surface area contributed by atoms with E-state index in [1.54, 1.807) is 35.3 Å². The summed E-state index contributed by atoms with van der Waals surface area (Å²) in [6.07, 6.45) is 4.51. The molecule has 0 aliphatic carbocycles. The molecule has 0 saturated carbocycles. The lowest BCUT2D eigenvalue weighted by Crippen LogP contribution is -2.11. The van der Waals surface area contributed by atoms with E-state index in [-0.39, 0.29) is 6.61 Å². The Morgan fingerprint density at radius 3 is 3.12 bits per heavy atom. The Bertz CT molecular complexity index is 1040. The molecular formula is C15H12N6O3. The number of rotatable bonds is 4. The number of hydrogen-bond acceptors (Lipinski definition) is 8. The Morgan fingerprint density at radius 1 is 1.29 bits per heavy atom. The molecule has 0 spiro atoms. The molecule has 3 heterocycles. The van der Waals surface area contributed by atoms with Gasteiger partial charge in [-0.25, -0.2) is 19.7 Å². The van der Waals surface area contributed by atoms with E-state index in [2.05, 4.69) is 20.1 Å². The highest BCUT2D eigenvalue weighted by Gasteiger charge is 2.11. The molecule has 24 heavy (non-hydrogen) atoms. The largest absolute Gasteiger partial charge is 0.460 e. The number of nitrogen functional groups attached to an aromatic ring is 1. The lowest BCUT2D eigenvalue weighted by molar-refractivity contribution is 0.0492. The number of nitrogens with two attached hydrogens (primary N) is 1. The van der Waals surface area contributed by atoms with Crippen molar-refractivity contribution in [3.8, 4) is 0 Å². The highest BCUT2D eigenvalue weighted by atomic mass is 16.5. The van der Waals surface area contributed by atoms with Crippen molar-refractivity contribution in [1.82, 2.24) is 24.7 Å². The molecule has 0 amide bonds. The van der Waals surface area contributed by atoms with Gasteiger partial charge in [-0.2, -0.15) is 0 Å². The van der Waals surface area contributed by atoms with Crippen LogP contribution in [0.3, 0.4) is 0 Å². The molecule has 0 saturated heterocycles. The molecule has 0 atom stereocenters. The molecule has 9 heteroatoms. The maximum atomic E-state index is 12.1. The zero-order valence-electron chi connectivity index (χ0n) is 12.4. The van der Waals surface area contributed by atoms with E-state index >= 15 is 0 Å². The van der Waals surface area contributed by atoms with E-state index in [1.165, 1.54) is 6.33 Å². The number of carbonyl (C=O) groups is 1. The summed E-state index contributed by atoms with van der Waals surface area (Å²) < 4.78 is 12.0. The SMILES string of the molecule is Nc1ncnc2c1ncn2CCOC(=O)c1ccc2oncc2c1. The van der Waals surface area contributed by atoms with Crippen LogP contribution in [0.2, 0.25) is 0 Å². The molecule has 120 valence electrons. The van der Waals surface area contributed by atoms with Crippen molar-refractivity contribution in [2.24, 2.45) is 0 Å². The van der Waals surface area contributed by atoms with E-state index in [1.807, 2.05) is 0 Å². The number of aromatic nitrogens is 5. The van der Waals surface area contributed by atoms with Gasteiger partial charge in [0.2, 0.25) is 0 Å². The van der Waals surface area contributed by atoms with Gasteiger partial charge < -0.3 is 19.6 Å². The van der Waals surface area contributed by atoms with E-state index < -0.39 is 5.97 Å². The van der Waals surface area contributed by atoms with Gasteiger partial charge in [-0.15, -0.1) is 0 Å².